The number of ether oxygens (including phenoxy) is 1. The Hall–Kier alpha value is -0.610. The van der Waals surface area contributed by atoms with E-state index in [9.17, 15) is 0 Å². The number of hydrogen-bond acceptors (Lipinski definition) is 4. The molecule has 27 heavy (non-hydrogen) atoms. The van der Waals surface area contributed by atoms with E-state index in [0.717, 1.165) is 56.9 Å². The topological polar surface area (TPSA) is 52.1 Å². The number of aliphatic imine (C=N–C) groups is 1. The van der Waals surface area contributed by atoms with Crippen LogP contribution in [-0.2, 0) is 4.74 Å². The van der Waals surface area contributed by atoms with Crippen LogP contribution in [0, 0.1) is 0 Å². The number of guanidine groups is 1. The van der Waals surface area contributed by atoms with Gasteiger partial charge in [0.15, 0.2) is 5.96 Å². The number of halogens is 2. The van der Waals surface area contributed by atoms with Gasteiger partial charge in [0.05, 0.1) is 25.8 Å². The molecule has 1 aromatic rings. The summed E-state index contributed by atoms with van der Waals surface area (Å²) in [5, 5.41) is 7.53. The van der Waals surface area contributed by atoms with Crippen molar-refractivity contribution >= 4 is 41.5 Å². The molecule has 1 aromatic carbocycles. The summed E-state index contributed by atoms with van der Waals surface area (Å²) in [4.78, 5) is 9.39. The van der Waals surface area contributed by atoms with Gasteiger partial charge in [0.2, 0.25) is 0 Å². The van der Waals surface area contributed by atoms with Crippen LogP contribution in [0.2, 0.25) is 5.02 Å². The summed E-state index contributed by atoms with van der Waals surface area (Å²) in [6, 6.07) is 8.22. The Morgan fingerprint density at radius 1 is 1.22 bits per heavy atom. The molecule has 1 unspecified atom stereocenters. The van der Waals surface area contributed by atoms with Gasteiger partial charge in [0, 0.05) is 37.7 Å². The molecule has 2 N–H and O–H groups in total. The number of nitrogens with one attached hydrogen (secondary N) is 2. The third kappa shape index (κ3) is 8.95. The molecule has 6 nitrogen and oxygen atoms in total. The van der Waals surface area contributed by atoms with E-state index in [1.807, 2.05) is 12.1 Å². The summed E-state index contributed by atoms with van der Waals surface area (Å²) in [5.74, 6) is 0.863. The zero-order valence-corrected chi connectivity index (χ0v) is 19.7. The lowest BCUT2D eigenvalue weighted by molar-refractivity contribution is 0.0389. The maximum absolute atomic E-state index is 6.01. The predicted octanol–water partition coefficient (Wildman–Crippen LogP) is 2.45. The highest BCUT2D eigenvalue weighted by Gasteiger charge is 2.14. The fraction of sp³-hybridized carbons (Fsp3) is 0.632. The number of benzene rings is 1. The van der Waals surface area contributed by atoms with Crippen molar-refractivity contribution in [3.63, 3.8) is 0 Å². The fourth-order valence-corrected chi connectivity index (χ4v) is 3.05. The van der Waals surface area contributed by atoms with E-state index in [0.29, 0.717) is 6.54 Å². The second-order valence-electron chi connectivity index (χ2n) is 6.63. The van der Waals surface area contributed by atoms with Crippen LogP contribution in [0.3, 0.4) is 0 Å². The highest BCUT2D eigenvalue weighted by atomic mass is 127. The molecule has 0 bridgehead atoms. The van der Waals surface area contributed by atoms with Gasteiger partial charge in [-0.2, -0.15) is 0 Å². The van der Waals surface area contributed by atoms with Crippen molar-refractivity contribution in [1.29, 1.82) is 0 Å². The Bertz CT molecular complexity index is 550. The van der Waals surface area contributed by atoms with Crippen LogP contribution in [-0.4, -0.2) is 82.3 Å². The molecule has 1 heterocycles. The Morgan fingerprint density at radius 2 is 1.89 bits per heavy atom. The summed E-state index contributed by atoms with van der Waals surface area (Å²) in [7, 11) is 4.15. The molecule has 8 heteroatoms. The highest BCUT2D eigenvalue weighted by molar-refractivity contribution is 14.0. The monoisotopic (exact) mass is 509 g/mol. The summed E-state index contributed by atoms with van der Waals surface area (Å²) in [5.41, 5.74) is 1.22. The lowest BCUT2D eigenvalue weighted by atomic mass is 10.1. The lowest BCUT2D eigenvalue weighted by Gasteiger charge is -2.27. The van der Waals surface area contributed by atoms with Gasteiger partial charge in [-0.1, -0.05) is 23.7 Å². The quantitative estimate of drug-likeness (QED) is 0.320. The standard InChI is InChI=1S/C19H32ClN5O.HI/c1-4-21-19(22-9-10-25-11-13-26-14-12-25)23-15-18(24(2)3)16-5-7-17(20)8-6-16;/h5-8,18H,4,9-15H2,1-3H3,(H2,21,22,23);1H. The molecule has 0 saturated carbocycles. The van der Waals surface area contributed by atoms with Crippen molar-refractivity contribution < 1.29 is 4.74 Å². The molecule has 0 aromatic heterocycles. The zero-order chi connectivity index (χ0) is 18.8. The number of morpholine rings is 1. The van der Waals surface area contributed by atoms with Crippen molar-refractivity contribution in [2.45, 2.75) is 13.0 Å². The van der Waals surface area contributed by atoms with Gasteiger partial charge in [-0.05, 0) is 38.7 Å². The molecule has 0 amide bonds. The molecule has 0 spiro atoms. The second-order valence-corrected chi connectivity index (χ2v) is 7.07. The molecule has 2 rings (SSSR count). The molecule has 1 fully saturated rings. The molecule has 1 aliphatic heterocycles. The maximum Gasteiger partial charge on any atom is 0.191 e. The summed E-state index contributed by atoms with van der Waals surface area (Å²) in [6.07, 6.45) is 0. The van der Waals surface area contributed by atoms with E-state index in [4.69, 9.17) is 21.3 Å². The van der Waals surface area contributed by atoms with Crippen LogP contribution in [0.4, 0.5) is 0 Å². The predicted molar refractivity (Wildman–Crippen MR) is 125 cm³/mol. The first-order valence-corrected chi connectivity index (χ1v) is 9.72. The first-order chi connectivity index (χ1) is 12.6. The minimum Gasteiger partial charge on any atom is -0.379 e. The van der Waals surface area contributed by atoms with Crippen molar-refractivity contribution in [2.24, 2.45) is 4.99 Å². The van der Waals surface area contributed by atoms with Gasteiger partial charge >= 0.3 is 0 Å². The zero-order valence-electron chi connectivity index (χ0n) is 16.6. The number of rotatable bonds is 8. The first kappa shape index (κ1) is 24.4. The van der Waals surface area contributed by atoms with E-state index in [2.05, 4.69) is 53.6 Å². The minimum absolute atomic E-state index is 0. The van der Waals surface area contributed by atoms with Crippen LogP contribution in [0.15, 0.2) is 29.3 Å². The Balaban J connectivity index is 0.00000364. The van der Waals surface area contributed by atoms with Gasteiger partial charge in [0.25, 0.3) is 0 Å². The minimum atomic E-state index is 0. The van der Waals surface area contributed by atoms with E-state index >= 15 is 0 Å². The van der Waals surface area contributed by atoms with Gasteiger partial charge in [-0.15, -0.1) is 24.0 Å². The van der Waals surface area contributed by atoms with Gasteiger partial charge in [-0.25, -0.2) is 0 Å². The molecular formula is C19H33ClIN5O. The Kier molecular flexibility index (Phi) is 12.3. The van der Waals surface area contributed by atoms with Gasteiger partial charge in [0.1, 0.15) is 0 Å². The van der Waals surface area contributed by atoms with Crippen molar-refractivity contribution in [3.8, 4) is 0 Å². The van der Waals surface area contributed by atoms with E-state index in [-0.39, 0.29) is 30.0 Å². The average Bonchev–Trinajstić information content (AvgIpc) is 2.64. The third-order valence-corrected chi connectivity index (χ3v) is 4.72. The number of hydrogen-bond donors (Lipinski definition) is 2. The van der Waals surface area contributed by atoms with E-state index in [1.54, 1.807) is 0 Å². The van der Waals surface area contributed by atoms with Crippen molar-refractivity contribution in [2.75, 3.05) is 66.6 Å². The van der Waals surface area contributed by atoms with Gasteiger partial charge in [-0.3, -0.25) is 9.89 Å². The molecule has 1 aliphatic rings. The summed E-state index contributed by atoms with van der Waals surface area (Å²) < 4.78 is 5.39. The summed E-state index contributed by atoms with van der Waals surface area (Å²) in [6.45, 7) is 9.17. The third-order valence-electron chi connectivity index (χ3n) is 4.47. The highest BCUT2D eigenvalue weighted by Crippen LogP contribution is 2.20. The normalized spacial score (nSPS) is 16.7. The molecular weight excluding hydrogens is 477 g/mol. The van der Waals surface area contributed by atoms with Crippen LogP contribution < -0.4 is 10.6 Å². The summed E-state index contributed by atoms with van der Waals surface area (Å²) >= 11 is 6.01. The second kappa shape index (κ2) is 13.5. The largest absolute Gasteiger partial charge is 0.379 e. The smallest absolute Gasteiger partial charge is 0.191 e. The van der Waals surface area contributed by atoms with Crippen LogP contribution in [0.1, 0.15) is 18.5 Å². The van der Waals surface area contributed by atoms with E-state index < -0.39 is 0 Å². The van der Waals surface area contributed by atoms with Crippen LogP contribution >= 0.6 is 35.6 Å². The number of likely N-dealkylation sites (N-methyl/N-ethyl adjacent to an activating group) is 1. The van der Waals surface area contributed by atoms with Gasteiger partial charge < -0.3 is 20.3 Å². The van der Waals surface area contributed by atoms with Crippen LogP contribution in [0.5, 0.6) is 0 Å². The van der Waals surface area contributed by atoms with Crippen LogP contribution in [0.25, 0.3) is 0 Å². The Morgan fingerprint density at radius 3 is 2.48 bits per heavy atom. The molecule has 1 atom stereocenters. The fourth-order valence-electron chi connectivity index (χ4n) is 2.93. The molecule has 0 radical (unpaired) electrons. The SMILES string of the molecule is CCNC(=NCC(c1ccc(Cl)cc1)N(C)C)NCCN1CCOCC1.I. The molecule has 1 saturated heterocycles. The van der Waals surface area contributed by atoms with E-state index in [1.165, 1.54) is 5.56 Å². The number of nitrogens with zero attached hydrogens (tertiary/aromatic N) is 3. The van der Waals surface area contributed by atoms with Crippen molar-refractivity contribution in [1.82, 2.24) is 20.4 Å². The molecule has 154 valence electrons. The first-order valence-electron chi connectivity index (χ1n) is 9.34. The maximum atomic E-state index is 6.01. The lowest BCUT2D eigenvalue weighted by Crippen LogP contribution is -2.44. The Labute approximate surface area is 185 Å². The van der Waals surface area contributed by atoms with Crippen molar-refractivity contribution in [3.05, 3.63) is 34.9 Å². The molecule has 0 aliphatic carbocycles. The average molecular weight is 510 g/mol.